The number of benzene rings is 6. The number of fused-ring (bicyclic) bond motifs is 6. The van der Waals surface area contributed by atoms with Crippen LogP contribution in [-0.4, -0.2) is 122 Å². The number of nitrogens with zero attached hydrogens (tertiary/aromatic N) is 3. The highest BCUT2D eigenvalue weighted by Gasteiger charge is 2.53. The lowest BCUT2D eigenvalue weighted by Gasteiger charge is -2.43. The number of piperidine rings is 3. The zero-order valence-corrected chi connectivity index (χ0v) is 60.8. The fourth-order valence-electron chi connectivity index (χ4n) is 15.5. The molecule has 6 aliphatic heterocycles. The zero-order chi connectivity index (χ0) is 78.3. The molecule has 6 fully saturated rings. The van der Waals surface area contributed by atoms with Crippen LogP contribution in [0, 0.1) is 55.7 Å². The molecular weight excluding hydrogens is 1460 g/mol. The minimum atomic E-state index is -3.81. The fourth-order valence-corrected chi connectivity index (χ4v) is 17.1. The van der Waals surface area contributed by atoms with Crippen molar-refractivity contribution in [3.63, 3.8) is 0 Å². The Labute approximate surface area is 612 Å². The number of amides is 4. The van der Waals surface area contributed by atoms with Gasteiger partial charge in [0.05, 0.1) is 46.3 Å². The molecule has 6 bridgehead atoms. The molecule has 6 aromatic rings. The maximum absolute atomic E-state index is 15.6. The molecule has 6 aromatic carbocycles. The smallest absolute Gasteiger partial charge is 0.314 e. The molecule has 0 radical (unpaired) electrons. The van der Waals surface area contributed by atoms with Crippen LogP contribution in [0.1, 0.15) is 148 Å². The lowest BCUT2D eigenvalue weighted by atomic mass is 9.94. The van der Waals surface area contributed by atoms with Crippen LogP contribution in [0.4, 0.5) is 69.7 Å². The van der Waals surface area contributed by atoms with Gasteiger partial charge in [0, 0.05) is 95.1 Å². The number of carbonyl (C=O) groups is 4. The van der Waals surface area contributed by atoms with Gasteiger partial charge in [-0.25, -0.2) is 52.6 Å². The zero-order valence-electron chi connectivity index (χ0n) is 59.2. The number of halogens is 12. The van der Waals surface area contributed by atoms with Crippen molar-refractivity contribution >= 4 is 60.7 Å². The predicted molar refractivity (Wildman–Crippen MR) is 380 cm³/mol. The maximum Gasteiger partial charge on any atom is 0.314 e. The highest BCUT2D eigenvalue weighted by Crippen LogP contribution is 2.50. The lowest BCUT2D eigenvalue weighted by Crippen LogP contribution is -2.51. The molecule has 0 saturated carbocycles. The van der Waals surface area contributed by atoms with E-state index in [9.17, 15) is 62.4 Å². The lowest BCUT2D eigenvalue weighted by molar-refractivity contribution is -0.120. The van der Waals surface area contributed by atoms with Gasteiger partial charge in [-0.3, -0.25) is 19.2 Å². The Hall–Kier alpha value is -9.20. The number of rotatable bonds is 20. The summed E-state index contributed by atoms with van der Waals surface area (Å²) >= 11 is 0. The van der Waals surface area contributed by atoms with E-state index in [4.69, 9.17) is 0 Å². The number of alkyl halides is 6. The Kier molecular flexibility index (Phi) is 23.7. The van der Waals surface area contributed by atoms with Crippen LogP contribution in [0.5, 0.6) is 0 Å². The van der Waals surface area contributed by atoms with Crippen molar-refractivity contribution in [2.75, 3.05) is 28.5 Å². The Morgan fingerprint density at radius 1 is 0.383 bits per heavy atom. The van der Waals surface area contributed by atoms with Crippen LogP contribution in [0.15, 0.2) is 146 Å². The number of anilines is 3. The van der Waals surface area contributed by atoms with Crippen LogP contribution in [0.2, 0.25) is 0 Å². The minimum Gasteiger partial charge on any atom is -0.364 e. The van der Waals surface area contributed by atoms with E-state index >= 15 is 26.3 Å². The van der Waals surface area contributed by atoms with Crippen LogP contribution < -0.4 is 30.7 Å². The SMILES string of the molecule is C=C(N1C2CC[C@@H]1CC(NC(C)=O)C2)C(F)(F)c1cc(C(=O)Nc2ccc(F)c(C)c2)ccc1F.C=C(N1C2CC[C@@H]1CC(NS(C)(=O)=O)C2)C(F)(F)c1cc(C(=O)Nc2ccc(F)c(C)c2)ccc1F.C=C(N1C2CC[C@@H]1CC(NS(C)(=O)=O)C2)C(F)(F)c1cc(C(=O)Nc2ccc(F)c(C)c2)ccc1F. The molecule has 574 valence electrons. The minimum absolute atomic E-state index is 0.0958. The molecule has 4 amide bonds. The highest BCUT2D eigenvalue weighted by atomic mass is 32.2. The summed E-state index contributed by atoms with van der Waals surface area (Å²) in [7, 11) is -6.89. The second kappa shape index (κ2) is 31.6. The molecule has 0 aliphatic carbocycles. The van der Waals surface area contributed by atoms with Gasteiger partial charge in [-0.2, -0.15) is 26.3 Å². The molecule has 31 heteroatoms. The van der Waals surface area contributed by atoms with Crippen molar-refractivity contribution in [3.05, 3.63) is 231 Å². The Bertz CT molecular complexity index is 4500. The summed E-state index contributed by atoms with van der Waals surface area (Å²) in [5.41, 5.74) is -3.42. The van der Waals surface area contributed by atoms with Crippen molar-refractivity contribution in [3.8, 4) is 0 Å². The van der Waals surface area contributed by atoms with Crippen molar-refractivity contribution in [1.82, 2.24) is 29.5 Å². The van der Waals surface area contributed by atoms with E-state index in [2.05, 4.69) is 50.4 Å². The molecule has 17 nitrogen and oxygen atoms in total. The number of hydrogen-bond donors (Lipinski definition) is 6. The summed E-state index contributed by atoms with van der Waals surface area (Å²) in [5.74, 6) is -18.7. The van der Waals surface area contributed by atoms with Gasteiger partial charge in [0.25, 0.3) is 17.7 Å². The predicted octanol–water partition coefficient (Wildman–Crippen LogP) is 14.6. The Morgan fingerprint density at radius 2 is 0.617 bits per heavy atom. The molecule has 12 rings (SSSR count). The summed E-state index contributed by atoms with van der Waals surface area (Å²) < 4.78 is 230. The topological polar surface area (TPSA) is 218 Å². The maximum atomic E-state index is 15.6. The van der Waals surface area contributed by atoms with E-state index in [0.717, 1.165) is 67.1 Å². The number of allylic oxidation sites excluding steroid dienone is 3. The van der Waals surface area contributed by atoms with Crippen molar-refractivity contribution < 1.29 is 88.7 Å². The second-order valence-corrected chi connectivity index (χ2v) is 31.8. The van der Waals surface area contributed by atoms with Gasteiger partial charge >= 0.3 is 17.8 Å². The van der Waals surface area contributed by atoms with E-state index in [1.165, 1.54) is 92.1 Å². The second-order valence-electron chi connectivity index (χ2n) is 28.3. The third-order valence-electron chi connectivity index (χ3n) is 20.3. The molecule has 6 unspecified atom stereocenters. The quantitative estimate of drug-likeness (QED) is 0.0395. The van der Waals surface area contributed by atoms with Gasteiger partial charge in [-0.05, 0) is 224 Å². The molecule has 0 spiro atoms. The number of carbonyl (C=O) groups excluding carboxylic acids is 4. The van der Waals surface area contributed by atoms with Crippen LogP contribution in [0.3, 0.4) is 0 Å². The van der Waals surface area contributed by atoms with Crippen molar-refractivity contribution in [2.24, 2.45) is 0 Å². The molecule has 6 N–H and O–H groups in total. The van der Waals surface area contributed by atoms with Crippen molar-refractivity contribution in [1.29, 1.82) is 0 Å². The van der Waals surface area contributed by atoms with Gasteiger partial charge in [0.1, 0.15) is 34.9 Å². The average Bonchev–Trinajstić information content (AvgIpc) is 1.71. The first kappa shape index (κ1) is 80.3. The van der Waals surface area contributed by atoms with E-state index in [1.54, 1.807) is 4.90 Å². The Balaban J connectivity index is 0.000000172. The molecule has 107 heavy (non-hydrogen) atoms. The van der Waals surface area contributed by atoms with Crippen LogP contribution in [-0.2, 0) is 42.6 Å². The Morgan fingerprint density at radius 3 is 0.841 bits per heavy atom. The van der Waals surface area contributed by atoms with Gasteiger partial charge < -0.3 is 36.0 Å². The largest absolute Gasteiger partial charge is 0.364 e. The van der Waals surface area contributed by atoms with Gasteiger partial charge in [-0.1, -0.05) is 19.7 Å². The van der Waals surface area contributed by atoms with E-state index in [0.29, 0.717) is 93.7 Å². The molecule has 6 aliphatic rings. The average molecular weight is 1540 g/mol. The van der Waals surface area contributed by atoms with Crippen LogP contribution >= 0.6 is 0 Å². The normalized spacial score (nSPS) is 21.8. The monoisotopic (exact) mass is 1540 g/mol. The summed E-state index contributed by atoms with van der Waals surface area (Å²) in [6.07, 6.45) is 8.16. The standard InChI is InChI=1S/C26H27F4N3O2.2C25H27F4N3O3S/c1-14-10-18(5-9-23(14)27)32-25(35)17-4-8-24(28)22(11-17)26(29,30)15(2)33-20-6-7-21(33)13-19(12-20)31-16(3)34;2*1-14-10-17(5-9-22(14)26)30-24(33)16-4-8-23(27)21(11-16)25(28,29)15(2)32-19-6-7-20(32)13-18(12-19)31-36(3,34)35/h4-5,8-11,19-21H,2,6-7,12-13H2,1,3H3,(H,31,34)(H,32,35);2*4-5,8-11,18-20,31H,2,6-7,12-13H2,1,3H3,(H,30,33)/t19?,20-,21?;2*18?,19-,20?/m111/s1. The first-order chi connectivity index (χ1) is 50.0. The molecule has 6 heterocycles. The highest BCUT2D eigenvalue weighted by molar-refractivity contribution is 7.89. The number of nitrogens with one attached hydrogen (secondary N) is 6. The van der Waals surface area contributed by atoms with Crippen LogP contribution in [0.25, 0.3) is 0 Å². The summed E-state index contributed by atoms with van der Waals surface area (Å²) in [6, 6.07) is 17.2. The fraction of sp³-hybridized carbons (Fsp3) is 0.395. The molecule has 6 saturated heterocycles. The van der Waals surface area contributed by atoms with E-state index in [-0.39, 0.29) is 94.0 Å². The first-order valence-electron chi connectivity index (χ1n) is 34.4. The summed E-state index contributed by atoms with van der Waals surface area (Å²) in [5, 5.41) is 10.4. The number of sulfonamides is 2. The van der Waals surface area contributed by atoms with Gasteiger partial charge in [0.2, 0.25) is 26.0 Å². The molecule has 9 atom stereocenters. The molecular formula is C76H81F12N9O8S2. The number of hydrogen-bond acceptors (Lipinski definition) is 11. The third kappa shape index (κ3) is 18.3. The van der Waals surface area contributed by atoms with E-state index in [1.807, 2.05) is 0 Å². The third-order valence-corrected chi connectivity index (χ3v) is 21.9. The number of aryl methyl sites for hydroxylation is 3. The summed E-state index contributed by atoms with van der Waals surface area (Å²) in [4.78, 5) is 54.0. The van der Waals surface area contributed by atoms with E-state index < -0.39 is 124 Å². The van der Waals surface area contributed by atoms with Gasteiger partial charge in [0.15, 0.2) is 0 Å². The first-order valence-corrected chi connectivity index (χ1v) is 38.2. The van der Waals surface area contributed by atoms with Crippen molar-refractivity contribution in [2.45, 2.75) is 177 Å². The summed E-state index contributed by atoms with van der Waals surface area (Å²) in [6.45, 7) is 16.8. The van der Waals surface area contributed by atoms with Gasteiger partial charge in [-0.15, -0.1) is 0 Å². The molecule has 0 aromatic heterocycles.